The molecular weight excluding hydrogens is 390 g/mol. The van der Waals surface area contributed by atoms with Gasteiger partial charge in [-0.05, 0) is 41.1 Å². The fraction of sp³-hybridized carbons (Fsp3) is 0.0455. The lowest BCUT2D eigenvalue weighted by molar-refractivity contribution is -0.123. The zero-order valence-corrected chi connectivity index (χ0v) is 15.9. The van der Waals surface area contributed by atoms with Gasteiger partial charge >= 0.3 is 5.63 Å². The molecule has 1 aliphatic rings. The highest BCUT2D eigenvalue weighted by atomic mass is 32.2. The molecule has 6 nitrogen and oxygen atoms in total. The van der Waals surface area contributed by atoms with Gasteiger partial charge in [-0.3, -0.25) is 14.5 Å². The highest BCUT2D eigenvalue weighted by Crippen LogP contribution is 2.33. The lowest BCUT2D eigenvalue weighted by Crippen LogP contribution is -2.28. The summed E-state index contributed by atoms with van der Waals surface area (Å²) in [5, 5.41) is 9.72. The van der Waals surface area contributed by atoms with E-state index in [-0.39, 0.29) is 17.9 Å². The number of carbonyl (C=O) groups is 2. The number of phenols is 1. The van der Waals surface area contributed by atoms with Crippen molar-refractivity contribution >= 4 is 40.0 Å². The van der Waals surface area contributed by atoms with Crippen LogP contribution in [0.3, 0.4) is 0 Å². The zero-order chi connectivity index (χ0) is 20.4. The molecule has 0 radical (unpaired) electrons. The summed E-state index contributed by atoms with van der Waals surface area (Å²) < 4.78 is 5.09. The van der Waals surface area contributed by atoms with E-state index in [1.807, 2.05) is 36.4 Å². The number of nitrogens with zero attached hydrogens (tertiary/aromatic N) is 1. The van der Waals surface area contributed by atoms with Crippen LogP contribution in [0, 0.1) is 0 Å². The first-order valence-electron chi connectivity index (χ1n) is 8.74. The fourth-order valence-electron chi connectivity index (χ4n) is 2.98. The summed E-state index contributed by atoms with van der Waals surface area (Å²) in [5.74, 6) is -0.463. The molecule has 1 saturated heterocycles. The number of fused-ring (bicyclic) bond motifs is 1. The van der Waals surface area contributed by atoms with Gasteiger partial charge in [0.25, 0.3) is 11.1 Å². The van der Waals surface area contributed by atoms with E-state index in [0.717, 1.165) is 22.2 Å². The van der Waals surface area contributed by atoms with E-state index in [9.17, 15) is 19.5 Å². The number of carbonyl (C=O) groups excluding carboxylic acids is 2. The van der Waals surface area contributed by atoms with Crippen molar-refractivity contribution in [1.29, 1.82) is 0 Å². The summed E-state index contributed by atoms with van der Waals surface area (Å²) in [6.07, 6.45) is 5.17. The molecule has 0 saturated carbocycles. The van der Waals surface area contributed by atoms with Gasteiger partial charge in [0.15, 0.2) is 0 Å². The van der Waals surface area contributed by atoms with Crippen molar-refractivity contribution in [3.05, 3.63) is 93.2 Å². The predicted molar refractivity (Wildman–Crippen MR) is 111 cm³/mol. The standard InChI is InChI=1S/C22H15NO5S/c24-16-9-10-17-15(11-20(25)28-18(17)12-16)13-23-21(26)19(29-22(23)27)8-4-7-14-5-2-1-3-6-14/h1-12,24H,13H2/b7-4+,19-8-. The normalized spacial score (nSPS) is 15.9. The minimum Gasteiger partial charge on any atom is -0.508 e. The first-order chi connectivity index (χ1) is 14.0. The summed E-state index contributed by atoms with van der Waals surface area (Å²) in [6.45, 7) is -0.0583. The molecule has 2 aromatic carbocycles. The third-order valence-corrected chi connectivity index (χ3v) is 5.28. The topological polar surface area (TPSA) is 87.8 Å². The zero-order valence-electron chi connectivity index (χ0n) is 15.1. The van der Waals surface area contributed by atoms with Crippen molar-refractivity contribution in [3.8, 4) is 5.75 Å². The number of amides is 2. The van der Waals surface area contributed by atoms with Crippen molar-refractivity contribution in [2.45, 2.75) is 6.54 Å². The van der Waals surface area contributed by atoms with E-state index in [2.05, 4.69) is 0 Å². The predicted octanol–water partition coefficient (Wildman–Crippen LogP) is 4.29. The minimum absolute atomic E-state index is 0.0443. The number of benzene rings is 2. The van der Waals surface area contributed by atoms with Crippen molar-refractivity contribution in [3.63, 3.8) is 0 Å². The Hall–Kier alpha value is -3.58. The molecule has 1 aromatic heterocycles. The van der Waals surface area contributed by atoms with Crippen molar-refractivity contribution in [2.75, 3.05) is 0 Å². The van der Waals surface area contributed by atoms with Crippen LogP contribution in [0.25, 0.3) is 17.0 Å². The second kappa shape index (κ2) is 7.81. The number of hydrogen-bond acceptors (Lipinski definition) is 6. The molecule has 1 aliphatic heterocycles. The second-order valence-corrected chi connectivity index (χ2v) is 7.32. The number of hydrogen-bond donors (Lipinski definition) is 1. The first-order valence-corrected chi connectivity index (χ1v) is 9.56. The molecule has 0 unspecified atom stereocenters. The molecule has 1 N–H and O–H groups in total. The molecule has 2 amide bonds. The van der Waals surface area contributed by atoms with Gasteiger partial charge in [-0.25, -0.2) is 4.79 Å². The molecule has 1 fully saturated rings. The van der Waals surface area contributed by atoms with E-state index in [4.69, 9.17) is 4.42 Å². The third-order valence-electron chi connectivity index (χ3n) is 4.35. The minimum atomic E-state index is -0.619. The highest BCUT2D eigenvalue weighted by molar-refractivity contribution is 8.18. The van der Waals surface area contributed by atoms with Crippen molar-refractivity contribution < 1.29 is 19.1 Å². The van der Waals surface area contributed by atoms with Gasteiger partial charge in [-0.1, -0.05) is 42.5 Å². The average Bonchev–Trinajstić information content (AvgIpc) is 2.96. The number of phenolic OH excluding ortho intramolecular Hbond substituents is 1. The van der Waals surface area contributed by atoms with Gasteiger partial charge in [0.1, 0.15) is 11.3 Å². The largest absolute Gasteiger partial charge is 0.508 e. The summed E-state index contributed by atoms with van der Waals surface area (Å²) in [6, 6.07) is 15.2. The smallest absolute Gasteiger partial charge is 0.336 e. The monoisotopic (exact) mass is 405 g/mol. The molecule has 0 atom stereocenters. The average molecular weight is 405 g/mol. The van der Waals surface area contributed by atoms with Crippen LogP contribution < -0.4 is 5.63 Å². The molecule has 0 spiro atoms. The van der Waals surface area contributed by atoms with Gasteiger partial charge < -0.3 is 9.52 Å². The molecule has 29 heavy (non-hydrogen) atoms. The number of allylic oxidation sites excluding steroid dienone is 2. The van der Waals surface area contributed by atoms with Crippen LogP contribution in [-0.4, -0.2) is 21.2 Å². The summed E-state index contributed by atoms with van der Waals surface area (Å²) in [5.41, 5.74) is 1.03. The van der Waals surface area contributed by atoms with Crippen LogP contribution in [-0.2, 0) is 11.3 Å². The van der Waals surface area contributed by atoms with Crippen molar-refractivity contribution in [2.24, 2.45) is 0 Å². The Kier molecular flexibility index (Phi) is 5.05. The van der Waals surface area contributed by atoms with Gasteiger partial charge in [0.2, 0.25) is 0 Å². The number of rotatable bonds is 4. The Morgan fingerprint density at radius 3 is 2.62 bits per heavy atom. The number of imide groups is 1. The molecule has 144 valence electrons. The van der Waals surface area contributed by atoms with Crippen LogP contribution in [0.4, 0.5) is 4.79 Å². The van der Waals surface area contributed by atoms with E-state index < -0.39 is 16.8 Å². The maximum atomic E-state index is 12.7. The quantitative estimate of drug-likeness (QED) is 0.515. The van der Waals surface area contributed by atoms with E-state index in [1.54, 1.807) is 18.2 Å². The van der Waals surface area contributed by atoms with Crippen LogP contribution in [0.2, 0.25) is 0 Å². The fourth-order valence-corrected chi connectivity index (χ4v) is 3.77. The highest BCUT2D eigenvalue weighted by Gasteiger charge is 2.35. The molecule has 0 aliphatic carbocycles. The lowest BCUT2D eigenvalue weighted by atomic mass is 10.1. The molecule has 2 heterocycles. The molecular formula is C22H15NO5S. The Labute approximate surface area is 169 Å². The van der Waals surface area contributed by atoms with E-state index in [0.29, 0.717) is 15.9 Å². The Morgan fingerprint density at radius 1 is 1.03 bits per heavy atom. The Morgan fingerprint density at radius 2 is 1.83 bits per heavy atom. The van der Waals surface area contributed by atoms with E-state index in [1.165, 1.54) is 18.2 Å². The summed E-state index contributed by atoms with van der Waals surface area (Å²) in [7, 11) is 0. The lowest BCUT2D eigenvalue weighted by Gasteiger charge is -2.13. The van der Waals surface area contributed by atoms with Crippen molar-refractivity contribution in [1.82, 2.24) is 4.90 Å². The molecule has 0 bridgehead atoms. The van der Waals surface area contributed by atoms with Crippen LogP contribution in [0.5, 0.6) is 5.75 Å². The van der Waals surface area contributed by atoms with Gasteiger partial charge in [-0.2, -0.15) is 0 Å². The Balaban J connectivity index is 1.59. The maximum Gasteiger partial charge on any atom is 0.336 e. The maximum absolute atomic E-state index is 12.7. The summed E-state index contributed by atoms with van der Waals surface area (Å²) in [4.78, 5) is 38.3. The third kappa shape index (κ3) is 4.00. The molecule has 3 aromatic rings. The van der Waals surface area contributed by atoms with Crippen LogP contribution in [0.15, 0.2) is 80.9 Å². The van der Waals surface area contributed by atoms with Gasteiger partial charge in [0, 0.05) is 17.5 Å². The number of aromatic hydroxyl groups is 1. The van der Waals surface area contributed by atoms with Crippen LogP contribution in [0.1, 0.15) is 11.1 Å². The van der Waals surface area contributed by atoms with E-state index >= 15 is 0 Å². The second-order valence-electron chi connectivity index (χ2n) is 6.33. The first kappa shape index (κ1) is 18.8. The van der Waals surface area contributed by atoms with Gasteiger partial charge in [0.05, 0.1) is 11.4 Å². The van der Waals surface area contributed by atoms with Crippen LogP contribution >= 0.6 is 11.8 Å². The SMILES string of the molecule is O=C1S/C(=C\C=C\c2ccccc2)C(=O)N1Cc1cc(=O)oc2cc(O)ccc12. The van der Waals surface area contributed by atoms with Gasteiger partial charge in [-0.15, -0.1) is 0 Å². The number of thioether (sulfide) groups is 1. The molecule has 7 heteroatoms. The Bertz CT molecular complexity index is 1230. The molecule has 4 rings (SSSR count). The summed E-state index contributed by atoms with van der Waals surface area (Å²) >= 11 is 0.854.